The third-order valence-electron chi connectivity index (χ3n) is 5.82. The molecule has 0 aliphatic rings. The van der Waals surface area contributed by atoms with Crippen molar-refractivity contribution in [3.63, 3.8) is 0 Å². The highest BCUT2D eigenvalue weighted by Crippen LogP contribution is 2.28. The Morgan fingerprint density at radius 3 is 2.22 bits per heavy atom. The van der Waals surface area contributed by atoms with Gasteiger partial charge in [0.2, 0.25) is 11.8 Å². The van der Waals surface area contributed by atoms with Crippen LogP contribution in [0.3, 0.4) is 0 Å². The van der Waals surface area contributed by atoms with E-state index in [1.54, 1.807) is 50.8 Å². The molecule has 8 heteroatoms. The van der Waals surface area contributed by atoms with Gasteiger partial charge in [-0.05, 0) is 69.7 Å². The number of aromatic hydroxyl groups is 1. The summed E-state index contributed by atoms with van der Waals surface area (Å²) in [6.45, 7) is 15.7. The minimum absolute atomic E-state index is 0.124. The van der Waals surface area contributed by atoms with Crippen molar-refractivity contribution in [2.45, 2.75) is 105 Å². The topological polar surface area (TPSA) is 108 Å². The lowest BCUT2D eigenvalue weighted by Gasteiger charge is -2.36. The Morgan fingerprint density at radius 2 is 1.69 bits per heavy atom. The molecule has 0 aliphatic carbocycles. The molecule has 0 bridgehead atoms. The van der Waals surface area contributed by atoms with Gasteiger partial charge in [0.1, 0.15) is 23.4 Å². The van der Waals surface area contributed by atoms with Crippen LogP contribution in [0.2, 0.25) is 0 Å². The second-order valence-corrected chi connectivity index (χ2v) is 10.7. The van der Waals surface area contributed by atoms with Gasteiger partial charge in [0, 0.05) is 13.1 Å². The van der Waals surface area contributed by atoms with Crippen molar-refractivity contribution < 1.29 is 24.2 Å². The Labute approximate surface area is 217 Å². The first-order valence-electron chi connectivity index (χ1n) is 13.2. The Morgan fingerprint density at radius 1 is 1.06 bits per heavy atom. The van der Waals surface area contributed by atoms with Gasteiger partial charge in [-0.1, -0.05) is 53.0 Å². The Bertz CT molecular complexity index is 863. The van der Waals surface area contributed by atoms with Crippen LogP contribution in [0.4, 0.5) is 4.79 Å². The summed E-state index contributed by atoms with van der Waals surface area (Å²) in [5, 5.41) is 15.8. The minimum Gasteiger partial charge on any atom is -0.508 e. The molecule has 1 aromatic rings. The van der Waals surface area contributed by atoms with E-state index in [4.69, 9.17) is 4.74 Å². The zero-order valence-corrected chi connectivity index (χ0v) is 23.4. The van der Waals surface area contributed by atoms with E-state index in [9.17, 15) is 19.5 Å². The van der Waals surface area contributed by atoms with Crippen molar-refractivity contribution in [1.82, 2.24) is 15.5 Å². The summed E-state index contributed by atoms with van der Waals surface area (Å²) < 4.78 is 5.41. The molecule has 0 saturated heterocycles. The number of ether oxygens (including phenoxy) is 1. The molecule has 2 atom stereocenters. The number of carbonyl (C=O) groups excluding carboxylic acids is 3. The van der Waals surface area contributed by atoms with Crippen LogP contribution < -0.4 is 10.6 Å². The number of alkyl carbamates (subject to hydrolysis) is 1. The highest BCUT2D eigenvalue weighted by Gasteiger charge is 2.37. The molecule has 3 N–H and O–H groups in total. The number of aryl methyl sites for hydroxylation is 1. The molecule has 1 aromatic carbocycles. The molecule has 204 valence electrons. The van der Waals surface area contributed by atoms with Gasteiger partial charge in [-0.15, -0.1) is 0 Å². The van der Waals surface area contributed by atoms with Crippen LogP contribution in [0.25, 0.3) is 0 Å². The summed E-state index contributed by atoms with van der Waals surface area (Å²) in [5.74, 6) is -0.727. The lowest BCUT2D eigenvalue weighted by Crippen LogP contribution is -2.55. The molecule has 0 radical (unpaired) electrons. The van der Waals surface area contributed by atoms with Gasteiger partial charge in [-0.2, -0.15) is 0 Å². The number of amides is 3. The van der Waals surface area contributed by atoms with Crippen molar-refractivity contribution in [3.8, 4) is 5.75 Å². The van der Waals surface area contributed by atoms with Gasteiger partial charge >= 0.3 is 6.09 Å². The molecule has 0 aliphatic heterocycles. The summed E-state index contributed by atoms with van der Waals surface area (Å²) >= 11 is 0. The Kier molecular flexibility index (Phi) is 12.8. The average molecular weight is 506 g/mol. The van der Waals surface area contributed by atoms with Crippen molar-refractivity contribution in [1.29, 1.82) is 0 Å². The predicted molar refractivity (Wildman–Crippen MR) is 143 cm³/mol. The Balaban J connectivity index is 3.46. The summed E-state index contributed by atoms with van der Waals surface area (Å²) in [6.07, 6.45) is 3.65. The minimum atomic E-state index is -0.896. The van der Waals surface area contributed by atoms with Gasteiger partial charge in [0.15, 0.2) is 0 Å². The van der Waals surface area contributed by atoms with Crippen molar-refractivity contribution >= 4 is 17.9 Å². The first-order chi connectivity index (χ1) is 16.8. The number of hydrogen-bond acceptors (Lipinski definition) is 5. The van der Waals surface area contributed by atoms with Gasteiger partial charge < -0.3 is 25.4 Å². The fourth-order valence-corrected chi connectivity index (χ4v) is 3.83. The van der Waals surface area contributed by atoms with Crippen LogP contribution in [0.5, 0.6) is 5.75 Å². The van der Waals surface area contributed by atoms with E-state index in [1.165, 1.54) is 0 Å². The molecule has 2 unspecified atom stereocenters. The standard InChI is InChI=1S/C28H47N3O5/c1-9-11-13-17-31(26(34)23(19(3)4)30-27(35)36-28(6,7)8)24(25(33)29-16-12-10-2)21-14-15-22(32)20(5)18-21/h14-15,18-19,23-24,32H,9-13,16-17H2,1-8H3,(H,29,33)(H,30,35). The van der Waals surface area contributed by atoms with E-state index in [1.807, 2.05) is 20.8 Å². The lowest BCUT2D eigenvalue weighted by molar-refractivity contribution is -0.143. The number of nitrogens with one attached hydrogen (secondary N) is 2. The predicted octanol–water partition coefficient (Wildman–Crippen LogP) is 5.23. The number of carbonyl (C=O) groups is 3. The number of nitrogens with zero attached hydrogens (tertiary/aromatic N) is 1. The molecule has 3 amide bonds. The molecular formula is C28H47N3O5. The largest absolute Gasteiger partial charge is 0.508 e. The molecular weight excluding hydrogens is 458 g/mol. The number of hydrogen-bond donors (Lipinski definition) is 3. The molecule has 0 aromatic heterocycles. The van der Waals surface area contributed by atoms with E-state index in [0.717, 1.165) is 32.1 Å². The fourth-order valence-electron chi connectivity index (χ4n) is 3.83. The van der Waals surface area contributed by atoms with Crippen LogP contribution in [-0.4, -0.2) is 52.6 Å². The normalized spacial score (nSPS) is 13.1. The molecule has 0 fully saturated rings. The van der Waals surface area contributed by atoms with E-state index in [2.05, 4.69) is 17.6 Å². The van der Waals surface area contributed by atoms with Crippen molar-refractivity contribution in [2.75, 3.05) is 13.1 Å². The van der Waals surface area contributed by atoms with Gasteiger partial charge in [0.25, 0.3) is 0 Å². The van der Waals surface area contributed by atoms with E-state index in [0.29, 0.717) is 24.2 Å². The van der Waals surface area contributed by atoms with Crippen LogP contribution in [0, 0.1) is 12.8 Å². The van der Waals surface area contributed by atoms with E-state index >= 15 is 0 Å². The molecule has 0 heterocycles. The number of rotatable bonds is 13. The van der Waals surface area contributed by atoms with Gasteiger partial charge in [-0.3, -0.25) is 9.59 Å². The highest BCUT2D eigenvalue weighted by molar-refractivity contribution is 5.92. The SMILES string of the molecule is CCCCCN(C(=O)C(NC(=O)OC(C)(C)C)C(C)C)C(C(=O)NCCCC)c1ccc(O)c(C)c1. The van der Waals surface area contributed by atoms with Crippen LogP contribution in [0.15, 0.2) is 18.2 Å². The zero-order valence-electron chi connectivity index (χ0n) is 23.4. The fraction of sp³-hybridized carbons (Fsp3) is 0.679. The average Bonchev–Trinajstić information content (AvgIpc) is 2.77. The number of unbranched alkanes of at least 4 members (excludes halogenated alkanes) is 3. The van der Waals surface area contributed by atoms with Crippen molar-refractivity contribution in [3.05, 3.63) is 29.3 Å². The van der Waals surface area contributed by atoms with E-state index < -0.39 is 23.8 Å². The maximum atomic E-state index is 14.0. The molecule has 8 nitrogen and oxygen atoms in total. The zero-order chi connectivity index (χ0) is 27.5. The van der Waals surface area contributed by atoms with Crippen molar-refractivity contribution in [2.24, 2.45) is 5.92 Å². The monoisotopic (exact) mass is 505 g/mol. The van der Waals surface area contributed by atoms with Gasteiger partial charge in [-0.25, -0.2) is 4.79 Å². The molecule has 1 rings (SSSR count). The number of benzene rings is 1. The van der Waals surface area contributed by atoms with Crippen LogP contribution in [-0.2, 0) is 14.3 Å². The van der Waals surface area contributed by atoms with E-state index in [-0.39, 0.29) is 23.5 Å². The Hall–Kier alpha value is -2.77. The maximum absolute atomic E-state index is 14.0. The second-order valence-electron chi connectivity index (χ2n) is 10.7. The second kappa shape index (κ2) is 14.7. The first-order valence-corrected chi connectivity index (χ1v) is 13.2. The third-order valence-corrected chi connectivity index (χ3v) is 5.82. The highest BCUT2D eigenvalue weighted by atomic mass is 16.6. The maximum Gasteiger partial charge on any atom is 0.408 e. The summed E-state index contributed by atoms with van der Waals surface area (Å²) in [4.78, 5) is 41.7. The lowest BCUT2D eigenvalue weighted by atomic mass is 9.97. The third kappa shape index (κ3) is 10.1. The summed E-state index contributed by atoms with van der Waals surface area (Å²) in [6, 6.07) is 3.20. The molecule has 36 heavy (non-hydrogen) atoms. The first kappa shape index (κ1) is 31.3. The molecule has 0 saturated carbocycles. The summed E-state index contributed by atoms with van der Waals surface area (Å²) in [7, 11) is 0. The smallest absolute Gasteiger partial charge is 0.408 e. The summed E-state index contributed by atoms with van der Waals surface area (Å²) in [5.41, 5.74) is 0.525. The molecule has 0 spiro atoms. The van der Waals surface area contributed by atoms with Crippen LogP contribution >= 0.6 is 0 Å². The number of phenolic OH excluding ortho intramolecular Hbond substituents is 1. The van der Waals surface area contributed by atoms with Gasteiger partial charge in [0.05, 0.1) is 0 Å². The van der Waals surface area contributed by atoms with Crippen LogP contribution in [0.1, 0.15) is 97.7 Å². The quantitative estimate of drug-likeness (QED) is 0.318. The number of phenols is 1.